The largest absolute Gasteiger partial charge is 0.352 e. The summed E-state index contributed by atoms with van der Waals surface area (Å²) in [6.45, 7) is 10.3. The summed E-state index contributed by atoms with van der Waals surface area (Å²) < 4.78 is 12.3. The molecule has 4 atom stereocenters. The van der Waals surface area contributed by atoms with Crippen molar-refractivity contribution in [1.29, 1.82) is 0 Å². The minimum Gasteiger partial charge on any atom is -0.352 e. The number of hydrogen-bond acceptors (Lipinski definition) is 4. The molecule has 0 N–H and O–H groups in total. The molecule has 4 nitrogen and oxygen atoms in total. The number of likely N-dealkylation sites (N-methyl/N-ethyl adjacent to an activating group) is 2. The van der Waals surface area contributed by atoms with Crippen LogP contribution in [0.3, 0.4) is 0 Å². The van der Waals surface area contributed by atoms with Crippen molar-refractivity contribution in [2.24, 2.45) is 0 Å². The van der Waals surface area contributed by atoms with Crippen LogP contribution in [0.25, 0.3) is 0 Å². The zero-order valence-electron chi connectivity index (χ0n) is 11.3. The van der Waals surface area contributed by atoms with Crippen LogP contribution in [0.15, 0.2) is 0 Å². The van der Waals surface area contributed by atoms with Gasteiger partial charge in [0.1, 0.15) is 0 Å². The third-order valence-corrected chi connectivity index (χ3v) is 4.24. The fraction of sp³-hybridized carbons (Fsp3) is 1.00. The van der Waals surface area contributed by atoms with Crippen molar-refractivity contribution in [3.05, 3.63) is 0 Å². The molecule has 2 heterocycles. The molecule has 0 aromatic rings. The lowest BCUT2D eigenvalue weighted by Crippen LogP contribution is -2.77. The van der Waals surface area contributed by atoms with E-state index in [1.807, 2.05) is 0 Å². The molecule has 0 bridgehead atoms. The lowest BCUT2D eigenvalue weighted by atomic mass is 9.93. The highest BCUT2D eigenvalue weighted by Gasteiger charge is 2.59. The molecule has 2 fully saturated rings. The Morgan fingerprint density at radius 1 is 0.875 bits per heavy atom. The van der Waals surface area contributed by atoms with E-state index < -0.39 is 0 Å². The van der Waals surface area contributed by atoms with Crippen molar-refractivity contribution in [3.63, 3.8) is 0 Å². The highest BCUT2D eigenvalue weighted by molar-refractivity contribution is 5.02. The van der Waals surface area contributed by atoms with Crippen LogP contribution in [0.2, 0.25) is 0 Å². The van der Waals surface area contributed by atoms with E-state index in [9.17, 15) is 0 Å². The van der Waals surface area contributed by atoms with Gasteiger partial charge in [-0.15, -0.1) is 0 Å². The van der Waals surface area contributed by atoms with Crippen molar-refractivity contribution < 1.29 is 9.47 Å². The van der Waals surface area contributed by atoms with Crippen LogP contribution in [0.1, 0.15) is 27.7 Å². The highest BCUT2D eigenvalue weighted by atomic mass is 16.6. The topological polar surface area (TPSA) is 24.9 Å². The molecular weight excluding hydrogens is 204 g/mol. The minimum absolute atomic E-state index is 0.238. The normalized spacial score (nSPS) is 51.4. The van der Waals surface area contributed by atoms with E-state index in [0.717, 1.165) is 13.1 Å². The number of fused-ring (bicyclic) bond motifs is 1. The van der Waals surface area contributed by atoms with Crippen LogP contribution >= 0.6 is 0 Å². The number of morpholine rings is 2. The maximum absolute atomic E-state index is 6.17. The van der Waals surface area contributed by atoms with Crippen molar-refractivity contribution in [3.8, 4) is 0 Å². The molecule has 0 amide bonds. The maximum Gasteiger partial charge on any atom is 0.161 e. The monoisotopic (exact) mass is 228 g/mol. The van der Waals surface area contributed by atoms with Crippen molar-refractivity contribution >= 4 is 0 Å². The molecule has 0 unspecified atom stereocenters. The Morgan fingerprint density at radius 2 is 1.19 bits per heavy atom. The number of rotatable bonds is 0. The highest BCUT2D eigenvalue weighted by Crippen LogP contribution is 2.42. The quantitative estimate of drug-likeness (QED) is 0.620. The number of nitrogens with zero attached hydrogens (tertiary/aromatic N) is 2. The summed E-state index contributed by atoms with van der Waals surface area (Å²) in [6.07, 6.45) is 0.477. The van der Waals surface area contributed by atoms with Gasteiger partial charge in [-0.2, -0.15) is 0 Å². The molecule has 0 spiro atoms. The van der Waals surface area contributed by atoms with Gasteiger partial charge >= 0.3 is 0 Å². The van der Waals surface area contributed by atoms with E-state index >= 15 is 0 Å². The lowest BCUT2D eigenvalue weighted by Gasteiger charge is -2.62. The van der Waals surface area contributed by atoms with Gasteiger partial charge in [0, 0.05) is 13.1 Å². The van der Waals surface area contributed by atoms with Crippen LogP contribution in [-0.2, 0) is 9.47 Å². The van der Waals surface area contributed by atoms with E-state index in [-0.39, 0.29) is 23.7 Å². The summed E-state index contributed by atoms with van der Waals surface area (Å²) in [6, 6.07) is 0. The Morgan fingerprint density at radius 3 is 1.50 bits per heavy atom. The zero-order chi connectivity index (χ0) is 12.1. The van der Waals surface area contributed by atoms with Gasteiger partial charge in [0.2, 0.25) is 0 Å². The molecular formula is C12H24N2O2. The van der Waals surface area contributed by atoms with Gasteiger partial charge in [-0.3, -0.25) is 9.80 Å². The summed E-state index contributed by atoms with van der Waals surface area (Å²) >= 11 is 0. The Balaban J connectivity index is 2.37. The third-order valence-electron chi connectivity index (χ3n) is 4.24. The minimum atomic E-state index is -0.369. The molecule has 4 heteroatoms. The van der Waals surface area contributed by atoms with Crippen molar-refractivity contribution in [2.45, 2.75) is 51.4 Å². The molecule has 2 aliphatic heterocycles. The maximum atomic E-state index is 6.17. The van der Waals surface area contributed by atoms with Gasteiger partial charge in [-0.1, -0.05) is 0 Å². The fourth-order valence-corrected chi connectivity index (χ4v) is 3.08. The second-order valence-electron chi connectivity index (χ2n) is 5.58. The summed E-state index contributed by atoms with van der Waals surface area (Å²) in [5, 5.41) is 0. The van der Waals surface area contributed by atoms with E-state index in [0.29, 0.717) is 0 Å². The van der Waals surface area contributed by atoms with Crippen LogP contribution in [0.5, 0.6) is 0 Å². The predicted octanol–water partition coefficient (Wildman–Crippen LogP) is 1.12. The standard InChI is InChI=1S/C12H24N2O2/c1-9-7-13(5)12(4)11(3,15-9)14(6)8-10(2)16-12/h9-10H,7-8H2,1-6H3/t9-,10-,11-,12-/m1/s1. The van der Waals surface area contributed by atoms with Crippen LogP contribution in [-0.4, -0.2) is 60.6 Å². The second kappa shape index (κ2) is 3.67. The summed E-state index contributed by atoms with van der Waals surface area (Å²) in [4.78, 5) is 4.54. The Labute approximate surface area is 98.5 Å². The van der Waals surface area contributed by atoms with E-state index in [1.165, 1.54) is 0 Å². The van der Waals surface area contributed by atoms with Crippen molar-refractivity contribution in [1.82, 2.24) is 9.80 Å². The predicted molar refractivity (Wildman–Crippen MR) is 63.2 cm³/mol. The third kappa shape index (κ3) is 1.51. The fourth-order valence-electron chi connectivity index (χ4n) is 3.08. The zero-order valence-corrected chi connectivity index (χ0v) is 11.3. The summed E-state index contributed by atoms with van der Waals surface area (Å²) in [5.74, 6) is 0. The van der Waals surface area contributed by atoms with Gasteiger partial charge in [0.25, 0.3) is 0 Å². The molecule has 2 aliphatic rings. The second-order valence-corrected chi connectivity index (χ2v) is 5.58. The average molecular weight is 228 g/mol. The molecule has 0 radical (unpaired) electrons. The first-order valence-corrected chi connectivity index (χ1v) is 6.07. The van der Waals surface area contributed by atoms with E-state index in [4.69, 9.17) is 9.47 Å². The number of hydrogen-bond donors (Lipinski definition) is 0. The molecule has 0 aliphatic carbocycles. The molecule has 94 valence electrons. The average Bonchev–Trinajstić information content (AvgIpc) is 2.12. The molecule has 16 heavy (non-hydrogen) atoms. The van der Waals surface area contributed by atoms with Crippen LogP contribution in [0, 0.1) is 0 Å². The van der Waals surface area contributed by atoms with Gasteiger partial charge in [-0.05, 0) is 41.8 Å². The van der Waals surface area contributed by atoms with E-state index in [1.54, 1.807) is 0 Å². The van der Waals surface area contributed by atoms with Gasteiger partial charge in [0.05, 0.1) is 12.2 Å². The van der Waals surface area contributed by atoms with Crippen LogP contribution in [0.4, 0.5) is 0 Å². The molecule has 0 aromatic heterocycles. The molecule has 2 rings (SSSR count). The van der Waals surface area contributed by atoms with E-state index in [2.05, 4.69) is 51.6 Å². The Bertz CT molecular complexity index is 258. The van der Waals surface area contributed by atoms with Crippen molar-refractivity contribution in [2.75, 3.05) is 27.2 Å². The first-order chi connectivity index (χ1) is 7.29. The summed E-state index contributed by atoms with van der Waals surface area (Å²) in [7, 11) is 4.23. The lowest BCUT2D eigenvalue weighted by molar-refractivity contribution is -0.382. The smallest absolute Gasteiger partial charge is 0.161 e. The van der Waals surface area contributed by atoms with Crippen LogP contribution < -0.4 is 0 Å². The van der Waals surface area contributed by atoms with Gasteiger partial charge < -0.3 is 9.47 Å². The first-order valence-electron chi connectivity index (χ1n) is 6.07. The first kappa shape index (κ1) is 12.3. The molecule has 2 saturated heterocycles. The van der Waals surface area contributed by atoms with Gasteiger partial charge in [0.15, 0.2) is 11.4 Å². The summed E-state index contributed by atoms with van der Waals surface area (Å²) in [5.41, 5.74) is -0.738. The Kier molecular flexibility index (Phi) is 2.82. The molecule has 0 aromatic carbocycles. The Hall–Kier alpha value is -0.160. The van der Waals surface area contributed by atoms with Gasteiger partial charge in [-0.25, -0.2) is 0 Å². The molecule has 0 saturated carbocycles. The SMILES string of the molecule is C[C@@H]1CN(C)[C@]2(C)O[C@H](C)CN(C)[C@]2(C)O1. The number of ether oxygens (including phenoxy) is 2.